The van der Waals surface area contributed by atoms with Gasteiger partial charge in [-0.15, -0.1) is 0 Å². The van der Waals surface area contributed by atoms with Crippen LogP contribution >= 0.6 is 0 Å². The number of alkyl halides is 3. The van der Waals surface area contributed by atoms with Gasteiger partial charge in [0.1, 0.15) is 0 Å². The number of anilines is 2. The lowest BCUT2D eigenvalue weighted by Crippen LogP contribution is -2.24. The lowest BCUT2D eigenvalue weighted by Gasteiger charge is -2.25. The summed E-state index contributed by atoms with van der Waals surface area (Å²) in [6.07, 6.45) is -5.08. The summed E-state index contributed by atoms with van der Waals surface area (Å²) < 4.78 is 70.3. The number of carboxylic acids is 2. The quantitative estimate of drug-likeness (QED) is 0.304. The number of hydrogen-bond acceptors (Lipinski definition) is 7. The van der Waals surface area contributed by atoms with E-state index in [4.69, 9.17) is 19.4 Å². The molecule has 0 aliphatic carbocycles. The fraction of sp³-hybridized carbons (Fsp3) is 0.231. The number of rotatable bonds is 10. The average Bonchev–Trinajstić information content (AvgIpc) is 2.91. The van der Waals surface area contributed by atoms with Gasteiger partial charge in [-0.1, -0.05) is 30.3 Å². The topological polar surface area (TPSA) is 142 Å². The highest BCUT2D eigenvalue weighted by Crippen LogP contribution is 2.31. The Hall–Kier alpha value is -4.46. The molecule has 0 radical (unpaired) electrons. The molecule has 0 aromatic heterocycles. The predicted octanol–water partition coefficient (Wildman–Crippen LogP) is 4.86. The first-order valence-electron chi connectivity index (χ1n) is 11.4. The molecule has 0 amide bonds. The third-order valence-corrected chi connectivity index (χ3v) is 6.70. The standard InChI is InChI=1S/C24H26N2O6S.C2HF3O2/c1-4-26(16-17-8-6-5-7-9-17)21-12-10-18(14-20(21)24(27)28)25-33(29,30)19-11-13-22(31-2)23(15-19)32-3;3-2(4,5)1(6)7/h5-15,25H,4,16H2,1-3H3,(H,27,28);(H,6,7). The first kappa shape index (κ1) is 31.8. The van der Waals surface area contributed by atoms with Crippen molar-refractivity contribution in [2.45, 2.75) is 24.5 Å². The smallest absolute Gasteiger partial charge is 0.490 e. The van der Waals surface area contributed by atoms with Gasteiger partial charge in [-0.25, -0.2) is 18.0 Å². The molecule has 0 aliphatic heterocycles. The van der Waals surface area contributed by atoms with Crippen LogP contribution in [0.2, 0.25) is 0 Å². The summed E-state index contributed by atoms with van der Waals surface area (Å²) in [5, 5.41) is 16.9. The normalized spacial score (nSPS) is 11.1. The van der Waals surface area contributed by atoms with Crippen LogP contribution in [0, 0.1) is 0 Å². The lowest BCUT2D eigenvalue weighted by atomic mass is 10.1. The minimum atomic E-state index is -5.08. The molecule has 14 heteroatoms. The van der Waals surface area contributed by atoms with Crippen LogP contribution in [0.1, 0.15) is 22.8 Å². The van der Waals surface area contributed by atoms with E-state index in [1.807, 2.05) is 42.2 Å². The first-order chi connectivity index (χ1) is 18.7. The molecule has 0 saturated heterocycles. The number of sulfonamides is 1. The molecule has 40 heavy (non-hydrogen) atoms. The van der Waals surface area contributed by atoms with Crippen LogP contribution < -0.4 is 19.1 Å². The van der Waals surface area contributed by atoms with Crippen LogP contribution in [0.4, 0.5) is 24.5 Å². The van der Waals surface area contributed by atoms with Crippen LogP contribution in [-0.2, 0) is 21.4 Å². The zero-order chi connectivity index (χ0) is 30.1. The van der Waals surface area contributed by atoms with Gasteiger partial charge in [-0.3, -0.25) is 4.72 Å². The number of ether oxygens (including phenoxy) is 2. The van der Waals surface area contributed by atoms with Gasteiger partial charge in [0.15, 0.2) is 11.5 Å². The van der Waals surface area contributed by atoms with Crippen molar-refractivity contribution in [3.8, 4) is 11.5 Å². The second kappa shape index (κ2) is 13.6. The van der Waals surface area contributed by atoms with Gasteiger partial charge in [-0.2, -0.15) is 13.2 Å². The Kier molecular flexibility index (Phi) is 10.8. The zero-order valence-electron chi connectivity index (χ0n) is 21.6. The third kappa shape index (κ3) is 8.53. The number of halogens is 3. The van der Waals surface area contributed by atoms with Gasteiger partial charge >= 0.3 is 18.1 Å². The van der Waals surface area contributed by atoms with Crippen LogP contribution in [0.3, 0.4) is 0 Å². The Bertz CT molecular complexity index is 1430. The molecule has 3 aromatic rings. The third-order valence-electron chi connectivity index (χ3n) is 5.33. The van der Waals surface area contributed by atoms with Crippen LogP contribution in [0.5, 0.6) is 11.5 Å². The summed E-state index contributed by atoms with van der Waals surface area (Å²) in [6, 6.07) is 18.4. The molecule has 10 nitrogen and oxygen atoms in total. The summed E-state index contributed by atoms with van der Waals surface area (Å²) in [5.41, 5.74) is 1.68. The summed E-state index contributed by atoms with van der Waals surface area (Å²) >= 11 is 0. The van der Waals surface area contributed by atoms with Gasteiger partial charge < -0.3 is 24.6 Å². The van der Waals surface area contributed by atoms with E-state index in [1.165, 1.54) is 38.5 Å². The zero-order valence-corrected chi connectivity index (χ0v) is 22.4. The van der Waals surface area contributed by atoms with Crippen molar-refractivity contribution < 1.29 is 50.9 Å². The number of hydrogen-bond donors (Lipinski definition) is 3. The van der Waals surface area contributed by atoms with Crippen LogP contribution in [-0.4, -0.2) is 57.5 Å². The molecule has 0 aliphatic rings. The number of nitrogens with zero attached hydrogens (tertiary/aromatic N) is 1. The number of nitrogens with one attached hydrogen (secondary N) is 1. The summed E-state index contributed by atoms with van der Waals surface area (Å²) in [5.74, 6) is -3.25. The SMILES string of the molecule is CCN(Cc1ccccc1)c1ccc(NS(=O)(=O)c2ccc(OC)c(OC)c2)cc1C(=O)O.O=C(O)C(F)(F)F. The molecule has 3 N–H and O–H groups in total. The minimum absolute atomic E-state index is 0.000271. The number of carboxylic acid groups (broad SMARTS) is 2. The van der Waals surface area contributed by atoms with Crippen molar-refractivity contribution in [2.24, 2.45) is 0 Å². The number of aliphatic carboxylic acids is 1. The largest absolute Gasteiger partial charge is 0.493 e. The Morgan fingerprint density at radius 1 is 0.925 bits per heavy atom. The van der Waals surface area contributed by atoms with Gasteiger partial charge in [0.2, 0.25) is 0 Å². The molecule has 3 rings (SSSR count). The van der Waals surface area contributed by atoms with Gasteiger partial charge in [0, 0.05) is 24.8 Å². The monoisotopic (exact) mass is 584 g/mol. The number of benzene rings is 3. The highest BCUT2D eigenvalue weighted by atomic mass is 32.2. The highest BCUT2D eigenvalue weighted by Gasteiger charge is 2.38. The lowest BCUT2D eigenvalue weighted by molar-refractivity contribution is -0.192. The predicted molar refractivity (Wildman–Crippen MR) is 141 cm³/mol. The second-order valence-corrected chi connectivity index (χ2v) is 9.64. The van der Waals surface area contributed by atoms with E-state index >= 15 is 0 Å². The van der Waals surface area contributed by atoms with Crippen molar-refractivity contribution in [1.29, 1.82) is 0 Å². The molecule has 0 heterocycles. The van der Waals surface area contributed by atoms with Gasteiger partial charge in [-0.05, 0) is 42.8 Å². The maximum absolute atomic E-state index is 12.9. The average molecular weight is 585 g/mol. The highest BCUT2D eigenvalue weighted by molar-refractivity contribution is 7.92. The van der Waals surface area contributed by atoms with Gasteiger partial charge in [0.05, 0.1) is 30.4 Å². The van der Waals surface area contributed by atoms with Crippen molar-refractivity contribution in [1.82, 2.24) is 0 Å². The number of methoxy groups -OCH3 is 2. The summed E-state index contributed by atoms with van der Waals surface area (Å²) in [6.45, 7) is 3.03. The molecule has 0 saturated carbocycles. The van der Waals surface area contributed by atoms with Crippen LogP contribution in [0.25, 0.3) is 0 Å². The molecular formula is C26H27F3N2O8S. The van der Waals surface area contributed by atoms with E-state index in [-0.39, 0.29) is 21.9 Å². The number of carbonyl (C=O) groups is 2. The number of aromatic carboxylic acids is 1. The van der Waals surface area contributed by atoms with Gasteiger partial charge in [0.25, 0.3) is 10.0 Å². The van der Waals surface area contributed by atoms with E-state index in [0.29, 0.717) is 24.5 Å². The Balaban J connectivity index is 0.000000708. The van der Waals surface area contributed by atoms with E-state index in [9.17, 15) is 31.5 Å². The fourth-order valence-electron chi connectivity index (χ4n) is 3.42. The molecule has 3 aromatic carbocycles. The molecule has 0 bridgehead atoms. The van der Waals surface area contributed by atoms with Crippen molar-refractivity contribution >= 4 is 33.3 Å². The van der Waals surface area contributed by atoms with E-state index in [2.05, 4.69) is 4.72 Å². The van der Waals surface area contributed by atoms with E-state index in [0.717, 1.165) is 5.56 Å². The Morgan fingerprint density at radius 3 is 2.02 bits per heavy atom. The molecule has 0 unspecified atom stereocenters. The van der Waals surface area contributed by atoms with Crippen molar-refractivity contribution in [3.63, 3.8) is 0 Å². The minimum Gasteiger partial charge on any atom is -0.493 e. The van der Waals surface area contributed by atoms with Crippen molar-refractivity contribution in [3.05, 3.63) is 77.9 Å². The summed E-state index contributed by atoms with van der Waals surface area (Å²) in [7, 11) is -1.13. The molecule has 216 valence electrons. The Morgan fingerprint density at radius 2 is 1.52 bits per heavy atom. The second-order valence-electron chi connectivity index (χ2n) is 7.96. The molecule has 0 atom stereocenters. The maximum Gasteiger partial charge on any atom is 0.490 e. The molecule has 0 spiro atoms. The first-order valence-corrected chi connectivity index (χ1v) is 12.9. The maximum atomic E-state index is 12.9. The Labute approximate surface area is 228 Å². The molecule has 0 fully saturated rings. The van der Waals surface area contributed by atoms with E-state index < -0.39 is 28.1 Å². The fourth-order valence-corrected chi connectivity index (χ4v) is 4.48. The molecular weight excluding hydrogens is 557 g/mol. The van der Waals surface area contributed by atoms with Crippen LogP contribution in [0.15, 0.2) is 71.6 Å². The van der Waals surface area contributed by atoms with Crippen molar-refractivity contribution in [2.75, 3.05) is 30.4 Å². The van der Waals surface area contributed by atoms with E-state index in [1.54, 1.807) is 12.1 Å². The summed E-state index contributed by atoms with van der Waals surface area (Å²) in [4.78, 5) is 22.8.